The maximum Gasteiger partial charge on any atom is 0.407 e. The van der Waals surface area contributed by atoms with Gasteiger partial charge in [-0.15, -0.1) is 0 Å². The maximum atomic E-state index is 13.1. The number of likely N-dealkylation sites (tertiary alicyclic amines) is 1. The predicted octanol–water partition coefficient (Wildman–Crippen LogP) is 3.12. The molecule has 1 heterocycles. The fourth-order valence-corrected chi connectivity index (χ4v) is 3.89. The van der Waals surface area contributed by atoms with E-state index in [1.165, 1.54) is 38.4 Å². The van der Waals surface area contributed by atoms with E-state index in [2.05, 4.69) is 5.32 Å². The molecule has 1 atom stereocenters. The van der Waals surface area contributed by atoms with Crippen LogP contribution in [0.15, 0.2) is 12.1 Å². The number of benzene rings is 1. The van der Waals surface area contributed by atoms with Gasteiger partial charge in [0.2, 0.25) is 5.75 Å². The summed E-state index contributed by atoms with van der Waals surface area (Å²) in [5.41, 5.74) is -0.509. The molecule has 37 heavy (non-hydrogen) atoms. The van der Waals surface area contributed by atoms with E-state index in [-0.39, 0.29) is 30.2 Å². The first kappa shape index (κ1) is 29.7. The molecular formula is C26H38N2O9. The second-order valence-electron chi connectivity index (χ2n) is 9.56. The number of ether oxygens (including phenoxy) is 5. The summed E-state index contributed by atoms with van der Waals surface area (Å²) in [6.45, 7) is 6.13. The van der Waals surface area contributed by atoms with E-state index in [1.54, 1.807) is 20.8 Å². The molecule has 2 amide bonds. The second-order valence-corrected chi connectivity index (χ2v) is 9.56. The lowest BCUT2D eigenvalue weighted by atomic mass is 10.00. The minimum atomic E-state index is -0.841. The van der Waals surface area contributed by atoms with E-state index >= 15 is 0 Å². The molecule has 0 aliphatic carbocycles. The fourth-order valence-electron chi connectivity index (χ4n) is 3.89. The quantitative estimate of drug-likeness (QED) is 0.202. The third kappa shape index (κ3) is 8.54. The number of hydrogen-bond acceptors (Lipinski definition) is 9. The molecule has 1 aliphatic heterocycles. The smallest absolute Gasteiger partial charge is 0.407 e. The average Bonchev–Trinajstić information content (AvgIpc) is 2.87. The molecule has 0 spiro atoms. The van der Waals surface area contributed by atoms with Crippen LogP contribution in [0.1, 0.15) is 63.2 Å². The summed E-state index contributed by atoms with van der Waals surface area (Å²) in [5.74, 6) is -1.34. The van der Waals surface area contributed by atoms with E-state index in [0.29, 0.717) is 38.0 Å². The molecule has 206 valence electrons. The summed E-state index contributed by atoms with van der Waals surface area (Å²) < 4.78 is 26.4. The summed E-state index contributed by atoms with van der Waals surface area (Å²) >= 11 is 0. The molecule has 1 aliphatic rings. The highest BCUT2D eigenvalue weighted by atomic mass is 16.6. The number of esters is 1. The number of carbonyl (C=O) groups excluding carboxylic acids is 4. The van der Waals surface area contributed by atoms with Crippen molar-refractivity contribution >= 4 is 23.8 Å². The SMILES string of the molecule is COc1cc(C(=O)C(=O)N2CCCC[C@H]2C(=O)OCCCCNC(=O)OC(C)(C)C)cc(OC)c1OC. The molecule has 0 saturated carbocycles. The molecule has 1 saturated heterocycles. The lowest BCUT2D eigenvalue weighted by Crippen LogP contribution is -2.51. The molecule has 1 fully saturated rings. The van der Waals surface area contributed by atoms with Crippen molar-refractivity contribution in [2.24, 2.45) is 0 Å². The van der Waals surface area contributed by atoms with E-state index < -0.39 is 35.4 Å². The van der Waals surface area contributed by atoms with Gasteiger partial charge in [0, 0.05) is 18.7 Å². The minimum Gasteiger partial charge on any atom is -0.493 e. The topological polar surface area (TPSA) is 130 Å². The van der Waals surface area contributed by atoms with E-state index in [9.17, 15) is 19.2 Å². The Balaban J connectivity index is 1.95. The third-order valence-electron chi connectivity index (χ3n) is 5.64. The number of methoxy groups -OCH3 is 3. The van der Waals surface area contributed by atoms with Crippen LogP contribution >= 0.6 is 0 Å². The molecule has 0 unspecified atom stereocenters. The van der Waals surface area contributed by atoms with Gasteiger partial charge in [-0.1, -0.05) is 0 Å². The van der Waals surface area contributed by atoms with Crippen molar-refractivity contribution in [3.05, 3.63) is 17.7 Å². The van der Waals surface area contributed by atoms with Crippen LogP contribution < -0.4 is 19.5 Å². The fraction of sp³-hybridized carbons (Fsp3) is 0.615. The molecule has 11 heteroatoms. The first-order valence-corrected chi connectivity index (χ1v) is 12.3. The van der Waals surface area contributed by atoms with Crippen LogP contribution in [0.5, 0.6) is 17.2 Å². The molecule has 1 N–H and O–H groups in total. The first-order valence-electron chi connectivity index (χ1n) is 12.3. The highest BCUT2D eigenvalue weighted by Crippen LogP contribution is 2.38. The van der Waals surface area contributed by atoms with Gasteiger partial charge in [-0.05, 0) is 65.0 Å². The van der Waals surface area contributed by atoms with Crippen molar-refractivity contribution in [1.29, 1.82) is 0 Å². The molecule has 11 nitrogen and oxygen atoms in total. The summed E-state index contributed by atoms with van der Waals surface area (Å²) in [6, 6.07) is 1.97. The van der Waals surface area contributed by atoms with Gasteiger partial charge in [0.15, 0.2) is 11.5 Å². The number of alkyl carbamates (subject to hydrolysis) is 1. The Kier molecular flexibility index (Phi) is 11.0. The van der Waals surface area contributed by atoms with Crippen molar-refractivity contribution in [1.82, 2.24) is 10.2 Å². The Morgan fingerprint density at radius 2 is 1.62 bits per heavy atom. The van der Waals surface area contributed by atoms with Crippen LogP contribution in [0.2, 0.25) is 0 Å². The molecule has 0 bridgehead atoms. The third-order valence-corrected chi connectivity index (χ3v) is 5.64. The lowest BCUT2D eigenvalue weighted by molar-refractivity contribution is -0.155. The highest BCUT2D eigenvalue weighted by Gasteiger charge is 2.37. The summed E-state index contributed by atoms with van der Waals surface area (Å²) in [6.07, 6.45) is 2.42. The molecule has 0 aromatic heterocycles. The van der Waals surface area contributed by atoms with Crippen LogP contribution in [-0.4, -0.2) is 81.3 Å². The van der Waals surface area contributed by atoms with Crippen LogP contribution in [0.25, 0.3) is 0 Å². The van der Waals surface area contributed by atoms with E-state index in [4.69, 9.17) is 23.7 Å². The number of piperidine rings is 1. The molecular weight excluding hydrogens is 484 g/mol. The minimum absolute atomic E-state index is 0.0645. The summed E-state index contributed by atoms with van der Waals surface area (Å²) in [5, 5.41) is 2.65. The molecule has 1 aromatic rings. The number of hydrogen-bond donors (Lipinski definition) is 1. The zero-order valence-corrected chi connectivity index (χ0v) is 22.5. The van der Waals surface area contributed by atoms with Crippen LogP contribution in [0.4, 0.5) is 4.79 Å². The number of nitrogens with one attached hydrogen (secondary N) is 1. The standard InChI is InChI=1S/C26H38N2O9/c1-26(2,3)37-25(32)27-12-8-10-14-36-24(31)18-11-7-9-13-28(18)23(30)21(29)17-15-19(33-4)22(35-6)20(16-17)34-5/h15-16,18H,7-14H2,1-6H3,(H,27,32)/t18-/m0/s1. The van der Waals surface area contributed by atoms with E-state index in [1.807, 2.05) is 0 Å². The Morgan fingerprint density at radius 1 is 0.973 bits per heavy atom. The van der Waals surface area contributed by atoms with Gasteiger partial charge >= 0.3 is 12.1 Å². The Morgan fingerprint density at radius 3 is 2.19 bits per heavy atom. The van der Waals surface area contributed by atoms with Crippen LogP contribution in [0, 0.1) is 0 Å². The molecule has 0 radical (unpaired) electrons. The van der Waals surface area contributed by atoms with Crippen LogP contribution in [-0.2, 0) is 19.1 Å². The Labute approximate surface area is 217 Å². The number of carbonyl (C=O) groups is 4. The second kappa shape index (κ2) is 13.7. The van der Waals surface area contributed by atoms with Gasteiger partial charge in [0.25, 0.3) is 11.7 Å². The number of rotatable bonds is 11. The normalized spacial score (nSPS) is 15.4. The Hall–Kier alpha value is -3.50. The van der Waals surface area contributed by atoms with Gasteiger partial charge < -0.3 is 33.9 Å². The monoisotopic (exact) mass is 522 g/mol. The zero-order valence-electron chi connectivity index (χ0n) is 22.5. The van der Waals surface area contributed by atoms with Gasteiger partial charge in [0.1, 0.15) is 11.6 Å². The van der Waals surface area contributed by atoms with Crippen LogP contribution in [0.3, 0.4) is 0 Å². The molecule has 1 aromatic carbocycles. The number of Topliss-reactive ketones (excluding diaryl/α,β-unsaturated/α-hetero) is 1. The van der Waals surface area contributed by atoms with Crippen molar-refractivity contribution in [3.63, 3.8) is 0 Å². The van der Waals surface area contributed by atoms with Crippen molar-refractivity contribution in [3.8, 4) is 17.2 Å². The number of unbranched alkanes of at least 4 members (excludes halogenated alkanes) is 1. The Bertz CT molecular complexity index is 946. The summed E-state index contributed by atoms with van der Waals surface area (Å²) in [7, 11) is 4.27. The van der Waals surface area contributed by atoms with Gasteiger partial charge in [-0.25, -0.2) is 9.59 Å². The van der Waals surface area contributed by atoms with Crippen molar-refractivity contribution in [2.45, 2.75) is 64.5 Å². The maximum absolute atomic E-state index is 13.1. The highest BCUT2D eigenvalue weighted by molar-refractivity contribution is 6.43. The first-order chi connectivity index (χ1) is 17.5. The van der Waals surface area contributed by atoms with E-state index in [0.717, 1.165) is 6.42 Å². The largest absolute Gasteiger partial charge is 0.493 e. The average molecular weight is 523 g/mol. The van der Waals surface area contributed by atoms with Crippen molar-refractivity contribution < 1.29 is 42.9 Å². The lowest BCUT2D eigenvalue weighted by Gasteiger charge is -2.33. The number of ketones is 1. The van der Waals surface area contributed by atoms with Gasteiger partial charge in [-0.2, -0.15) is 0 Å². The van der Waals surface area contributed by atoms with Crippen molar-refractivity contribution in [2.75, 3.05) is 41.0 Å². The summed E-state index contributed by atoms with van der Waals surface area (Å²) in [4.78, 5) is 52.0. The number of amides is 2. The van der Waals surface area contributed by atoms with Gasteiger partial charge in [0.05, 0.1) is 27.9 Å². The van der Waals surface area contributed by atoms with Gasteiger partial charge in [-0.3, -0.25) is 9.59 Å². The predicted molar refractivity (Wildman–Crippen MR) is 134 cm³/mol. The number of nitrogens with zero attached hydrogens (tertiary/aromatic N) is 1. The molecule has 2 rings (SSSR count). The zero-order chi connectivity index (χ0) is 27.6.